The lowest BCUT2D eigenvalue weighted by Gasteiger charge is -2.11. The highest BCUT2D eigenvalue weighted by molar-refractivity contribution is 9.10. The molecule has 17 heavy (non-hydrogen) atoms. The summed E-state index contributed by atoms with van der Waals surface area (Å²) in [6.07, 6.45) is 1.81. The number of halogens is 1. The number of benzene rings is 1. The molecule has 0 unspecified atom stereocenters. The van der Waals surface area contributed by atoms with Crippen LogP contribution in [0.1, 0.15) is 16.7 Å². The van der Waals surface area contributed by atoms with Crippen molar-refractivity contribution in [3.05, 3.63) is 51.6 Å². The lowest BCUT2D eigenvalue weighted by Crippen LogP contribution is -1.98. The van der Waals surface area contributed by atoms with Crippen LogP contribution in [-0.2, 0) is 0 Å². The minimum atomic E-state index is 0.905. The Balaban J connectivity index is 2.34. The molecule has 1 aromatic carbocycles. The van der Waals surface area contributed by atoms with Gasteiger partial charge in [-0.25, -0.2) is 4.98 Å². The maximum absolute atomic E-state index is 4.39. The molecular weight excluding hydrogens is 276 g/mol. The highest BCUT2D eigenvalue weighted by atomic mass is 79.9. The van der Waals surface area contributed by atoms with Crippen LogP contribution in [0.4, 0.5) is 11.5 Å². The van der Waals surface area contributed by atoms with Gasteiger partial charge in [0.05, 0.1) is 0 Å². The first-order chi connectivity index (χ1) is 8.06. The van der Waals surface area contributed by atoms with Crippen LogP contribution in [0, 0.1) is 20.8 Å². The van der Waals surface area contributed by atoms with Crippen LogP contribution in [0.25, 0.3) is 0 Å². The van der Waals surface area contributed by atoms with Gasteiger partial charge in [0.2, 0.25) is 0 Å². The molecule has 0 aliphatic heterocycles. The zero-order valence-corrected chi connectivity index (χ0v) is 11.8. The summed E-state index contributed by atoms with van der Waals surface area (Å²) in [5, 5.41) is 3.38. The normalized spacial score (nSPS) is 10.4. The van der Waals surface area contributed by atoms with Crippen molar-refractivity contribution in [2.45, 2.75) is 20.8 Å². The predicted molar refractivity (Wildman–Crippen MR) is 75.9 cm³/mol. The van der Waals surface area contributed by atoms with E-state index in [0.717, 1.165) is 21.5 Å². The van der Waals surface area contributed by atoms with Crippen molar-refractivity contribution >= 4 is 27.4 Å². The SMILES string of the molecule is Cc1ccc(C)c(Nc2ncc(Br)cc2C)c1. The molecule has 1 N–H and O–H groups in total. The topological polar surface area (TPSA) is 24.9 Å². The van der Waals surface area contributed by atoms with E-state index in [1.807, 2.05) is 6.92 Å². The average molecular weight is 291 g/mol. The molecule has 0 radical (unpaired) electrons. The molecule has 0 saturated heterocycles. The van der Waals surface area contributed by atoms with Gasteiger partial charge in [-0.3, -0.25) is 0 Å². The van der Waals surface area contributed by atoms with Crippen molar-refractivity contribution in [3.63, 3.8) is 0 Å². The van der Waals surface area contributed by atoms with E-state index < -0.39 is 0 Å². The zero-order chi connectivity index (χ0) is 12.4. The number of anilines is 2. The van der Waals surface area contributed by atoms with Crippen molar-refractivity contribution in [2.75, 3.05) is 5.32 Å². The first kappa shape index (κ1) is 12.1. The fraction of sp³-hybridized carbons (Fsp3) is 0.214. The quantitative estimate of drug-likeness (QED) is 0.880. The average Bonchev–Trinajstić information content (AvgIpc) is 2.27. The number of hydrogen-bond donors (Lipinski definition) is 1. The Kier molecular flexibility index (Phi) is 3.48. The van der Waals surface area contributed by atoms with Crippen LogP contribution in [-0.4, -0.2) is 4.98 Å². The third-order valence-electron chi connectivity index (χ3n) is 2.69. The minimum Gasteiger partial charge on any atom is -0.340 e. The van der Waals surface area contributed by atoms with Gasteiger partial charge in [-0.1, -0.05) is 12.1 Å². The van der Waals surface area contributed by atoms with Crippen LogP contribution in [0.5, 0.6) is 0 Å². The van der Waals surface area contributed by atoms with Gasteiger partial charge in [-0.15, -0.1) is 0 Å². The second-order valence-electron chi connectivity index (χ2n) is 4.26. The Morgan fingerprint density at radius 3 is 2.53 bits per heavy atom. The Labute approximate surface area is 110 Å². The van der Waals surface area contributed by atoms with Crippen molar-refractivity contribution < 1.29 is 0 Å². The molecule has 2 rings (SSSR count). The standard InChI is InChI=1S/C14H15BrN2/c1-9-4-5-10(2)13(6-9)17-14-11(3)7-12(15)8-16-14/h4-8H,1-3H3,(H,16,17). The smallest absolute Gasteiger partial charge is 0.133 e. The molecule has 2 nitrogen and oxygen atoms in total. The molecule has 88 valence electrons. The van der Waals surface area contributed by atoms with Crippen LogP contribution in [0.15, 0.2) is 34.9 Å². The lowest BCUT2D eigenvalue weighted by atomic mass is 10.1. The van der Waals surface area contributed by atoms with Crippen molar-refractivity contribution in [1.29, 1.82) is 0 Å². The maximum atomic E-state index is 4.39. The second kappa shape index (κ2) is 4.88. The highest BCUT2D eigenvalue weighted by Crippen LogP contribution is 2.24. The van der Waals surface area contributed by atoms with E-state index in [2.05, 4.69) is 64.3 Å². The fourth-order valence-electron chi connectivity index (χ4n) is 1.67. The maximum Gasteiger partial charge on any atom is 0.133 e. The van der Waals surface area contributed by atoms with E-state index in [-0.39, 0.29) is 0 Å². The molecule has 0 bridgehead atoms. The number of hydrogen-bond acceptors (Lipinski definition) is 2. The summed E-state index contributed by atoms with van der Waals surface area (Å²) < 4.78 is 1.00. The van der Waals surface area contributed by atoms with E-state index in [4.69, 9.17) is 0 Å². The molecule has 0 saturated carbocycles. The third kappa shape index (κ3) is 2.86. The number of aromatic nitrogens is 1. The van der Waals surface area contributed by atoms with Crippen LogP contribution >= 0.6 is 15.9 Å². The van der Waals surface area contributed by atoms with Gasteiger partial charge in [0.25, 0.3) is 0 Å². The molecular formula is C14H15BrN2. The van der Waals surface area contributed by atoms with E-state index in [1.54, 1.807) is 6.20 Å². The molecule has 0 atom stereocenters. The Hall–Kier alpha value is -1.35. The number of aryl methyl sites for hydroxylation is 3. The van der Waals surface area contributed by atoms with Gasteiger partial charge in [0.1, 0.15) is 5.82 Å². The van der Waals surface area contributed by atoms with E-state index in [1.165, 1.54) is 11.1 Å². The minimum absolute atomic E-state index is 0.905. The Morgan fingerprint density at radius 1 is 1.06 bits per heavy atom. The summed E-state index contributed by atoms with van der Waals surface area (Å²) in [5.41, 5.74) is 4.70. The first-order valence-corrected chi connectivity index (χ1v) is 6.32. The van der Waals surface area contributed by atoms with Gasteiger partial charge in [0.15, 0.2) is 0 Å². The summed E-state index contributed by atoms with van der Waals surface area (Å²) in [6, 6.07) is 8.42. The van der Waals surface area contributed by atoms with Crippen LogP contribution in [0.3, 0.4) is 0 Å². The lowest BCUT2D eigenvalue weighted by molar-refractivity contribution is 1.23. The van der Waals surface area contributed by atoms with Gasteiger partial charge in [-0.05, 0) is 65.5 Å². The number of nitrogens with one attached hydrogen (secondary N) is 1. The molecule has 1 aromatic heterocycles. The molecule has 0 aliphatic carbocycles. The molecule has 1 heterocycles. The summed E-state index contributed by atoms with van der Waals surface area (Å²) in [5.74, 6) is 0.905. The van der Waals surface area contributed by atoms with Gasteiger partial charge in [-0.2, -0.15) is 0 Å². The molecule has 0 spiro atoms. The summed E-state index contributed by atoms with van der Waals surface area (Å²) in [6.45, 7) is 6.23. The zero-order valence-electron chi connectivity index (χ0n) is 10.2. The summed E-state index contributed by atoms with van der Waals surface area (Å²) in [7, 11) is 0. The van der Waals surface area contributed by atoms with Crippen molar-refractivity contribution in [3.8, 4) is 0 Å². The van der Waals surface area contributed by atoms with Crippen molar-refractivity contribution in [1.82, 2.24) is 4.98 Å². The highest BCUT2D eigenvalue weighted by Gasteiger charge is 2.03. The molecule has 0 aliphatic rings. The molecule has 3 heteroatoms. The van der Waals surface area contributed by atoms with Gasteiger partial charge >= 0.3 is 0 Å². The second-order valence-corrected chi connectivity index (χ2v) is 5.18. The van der Waals surface area contributed by atoms with E-state index in [0.29, 0.717) is 0 Å². The fourth-order valence-corrected chi connectivity index (χ4v) is 2.12. The molecule has 2 aromatic rings. The molecule has 0 amide bonds. The van der Waals surface area contributed by atoms with Crippen molar-refractivity contribution in [2.24, 2.45) is 0 Å². The Morgan fingerprint density at radius 2 is 1.82 bits per heavy atom. The monoisotopic (exact) mass is 290 g/mol. The van der Waals surface area contributed by atoms with Crippen LogP contribution < -0.4 is 5.32 Å². The predicted octanol–water partition coefficient (Wildman–Crippen LogP) is 4.51. The summed E-state index contributed by atoms with van der Waals surface area (Å²) >= 11 is 3.42. The Bertz CT molecular complexity index is 550. The van der Waals surface area contributed by atoms with E-state index >= 15 is 0 Å². The summed E-state index contributed by atoms with van der Waals surface area (Å²) in [4.78, 5) is 4.39. The number of pyridine rings is 1. The largest absolute Gasteiger partial charge is 0.340 e. The molecule has 0 fully saturated rings. The van der Waals surface area contributed by atoms with Crippen LogP contribution in [0.2, 0.25) is 0 Å². The van der Waals surface area contributed by atoms with Gasteiger partial charge < -0.3 is 5.32 Å². The third-order valence-corrected chi connectivity index (χ3v) is 3.12. The van der Waals surface area contributed by atoms with Gasteiger partial charge in [0, 0.05) is 16.4 Å². The number of nitrogens with zero attached hydrogens (tertiary/aromatic N) is 1. The first-order valence-electron chi connectivity index (χ1n) is 5.52. The number of rotatable bonds is 2. The van der Waals surface area contributed by atoms with E-state index in [9.17, 15) is 0 Å².